The summed E-state index contributed by atoms with van der Waals surface area (Å²) in [5.74, 6) is 1.02. The van der Waals surface area contributed by atoms with E-state index in [1.54, 1.807) is 7.05 Å². The minimum atomic E-state index is 0.101. The van der Waals surface area contributed by atoms with Crippen molar-refractivity contribution >= 4 is 5.91 Å². The van der Waals surface area contributed by atoms with E-state index in [1.165, 1.54) is 0 Å². The van der Waals surface area contributed by atoms with Crippen LogP contribution in [0.1, 0.15) is 19.3 Å². The third kappa shape index (κ3) is 6.91. The summed E-state index contributed by atoms with van der Waals surface area (Å²) < 4.78 is 5.56. The number of hydrogen-bond acceptors (Lipinski definition) is 3. The number of hydrogen-bond donors (Lipinski definition) is 2. The first-order chi connectivity index (χ1) is 8.83. The van der Waals surface area contributed by atoms with Crippen molar-refractivity contribution in [2.75, 3.05) is 26.7 Å². The molecule has 18 heavy (non-hydrogen) atoms. The van der Waals surface area contributed by atoms with Gasteiger partial charge in [-0.1, -0.05) is 18.2 Å². The maximum Gasteiger partial charge on any atom is 0.219 e. The predicted octanol–water partition coefficient (Wildman–Crippen LogP) is 1.57. The number of carbonyl (C=O) groups is 1. The van der Waals surface area contributed by atoms with Crippen molar-refractivity contribution in [3.05, 3.63) is 30.3 Å². The second kappa shape index (κ2) is 9.48. The fourth-order valence-electron chi connectivity index (χ4n) is 1.53. The summed E-state index contributed by atoms with van der Waals surface area (Å²) in [7, 11) is 1.66. The molecule has 0 aliphatic rings. The highest BCUT2D eigenvalue weighted by Crippen LogP contribution is 2.07. The monoisotopic (exact) mass is 250 g/mol. The molecule has 0 aliphatic carbocycles. The Kier molecular flexibility index (Phi) is 7.64. The minimum absolute atomic E-state index is 0.101. The number of carbonyl (C=O) groups excluding carboxylic acids is 1. The standard InChI is InChI=1S/C14H22N2O2/c1-15-14(17)9-5-10-16-11-6-12-18-13-7-3-2-4-8-13/h2-4,7-8,16H,5-6,9-12H2,1H3,(H,15,17). The zero-order valence-electron chi connectivity index (χ0n) is 10.9. The van der Waals surface area contributed by atoms with E-state index in [1.807, 2.05) is 30.3 Å². The van der Waals surface area contributed by atoms with Crippen molar-refractivity contribution in [2.45, 2.75) is 19.3 Å². The van der Waals surface area contributed by atoms with E-state index in [0.717, 1.165) is 31.7 Å². The molecule has 100 valence electrons. The van der Waals surface area contributed by atoms with Gasteiger partial charge >= 0.3 is 0 Å². The lowest BCUT2D eigenvalue weighted by Gasteiger charge is -2.07. The Balaban J connectivity index is 1.89. The van der Waals surface area contributed by atoms with Crippen LogP contribution < -0.4 is 15.4 Å². The van der Waals surface area contributed by atoms with Gasteiger partial charge in [-0.25, -0.2) is 0 Å². The average Bonchev–Trinajstić information content (AvgIpc) is 2.42. The van der Waals surface area contributed by atoms with Gasteiger partial charge in [-0.3, -0.25) is 4.79 Å². The van der Waals surface area contributed by atoms with Crippen molar-refractivity contribution in [2.24, 2.45) is 0 Å². The lowest BCUT2D eigenvalue weighted by atomic mass is 10.3. The number of para-hydroxylation sites is 1. The minimum Gasteiger partial charge on any atom is -0.494 e. The third-order valence-electron chi connectivity index (χ3n) is 2.55. The predicted molar refractivity (Wildman–Crippen MR) is 72.7 cm³/mol. The lowest BCUT2D eigenvalue weighted by Crippen LogP contribution is -2.22. The summed E-state index contributed by atoms with van der Waals surface area (Å²) >= 11 is 0. The molecule has 0 fully saturated rings. The largest absolute Gasteiger partial charge is 0.494 e. The van der Waals surface area contributed by atoms with E-state index in [4.69, 9.17) is 4.74 Å². The van der Waals surface area contributed by atoms with Gasteiger partial charge in [0, 0.05) is 13.5 Å². The van der Waals surface area contributed by atoms with Gasteiger partial charge in [-0.15, -0.1) is 0 Å². The van der Waals surface area contributed by atoms with Crippen LogP contribution in [0.4, 0.5) is 0 Å². The first-order valence-electron chi connectivity index (χ1n) is 6.42. The fourth-order valence-corrected chi connectivity index (χ4v) is 1.53. The Hall–Kier alpha value is -1.55. The van der Waals surface area contributed by atoms with Crippen molar-refractivity contribution < 1.29 is 9.53 Å². The highest BCUT2D eigenvalue weighted by atomic mass is 16.5. The topological polar surface area (TPSA) is 50.4 Å². The number of amides is 1. The molecule has 2 N–H and O–H groups in total. The molecule has 1 aromatic carbocycles. The molecule has 1 aromatic rings. The fraction of sp³-hybridized carbons (Fsp3) is 0.500. The van der Waals surface area contributed by atoms with Crippen LogP contribution >= 0.6 is 0 Å². The molecule has 1 amide bonds. The highest BCUT2D eigenvalue weighted by Gasteiger charge is 1.96. The summed E-state index contributed by atoms with van der Waals surface area (Å²) in [6.07, 6.45) is 2.43. The summed E-state index contributed by atoms with van der Waals surface area (Å²) in [4.78, 5) is 10.9. The van der Waals surface area contributed by atoms with E-state index in [0.29, 0.717) is 13.0 Å². The molecule has 0 unspecified atom stereocenters. The van der Waals surface area contributed by atoms with E-state index >= 15 is 0 Å². The van der Waals surface area contributed by atoms with Crippen molar-refractivity contribution in [3.63, 3.8) is 0 Å². The van der Waals surface area contributed by atoms with Crippen LogP contribution in [0.25, 0.3) is 0 Å². The molecule has 4 nitrogen and oxygen atoms in total. The summed E-state index contributed by atoms with van der Waals surface area (Å²) in [5, 5.41) is 5.90. The summed E-state index contributed by atoms with van der Waals surface area (Å²) in [5.41, 5.74) is 0. The molecule has 0 heterocycles. The molecule has 0 aromatic heterocycles. The van der Waals surface area contributed by atoms with Gasteiger partial charge in [-0.05, 0) is 38.1 Å². The van der Waals surface area contributed by atoms with Gasteiger partial charge in [0.05, 0.1) is 6.61 Å². The quantitative estimate of drug-likeness (QED) is 0.654. The summed E-state index contributed by atoms with van der Waals surface area (Å²) in [6, 6.07) is 9.81. The molecule has 0 atom stereocenters. The Morgan fingerprint density at radius 2 is 1.89 bits per heavy atom. The van der Waals surface area contributed by atoms with Crippen LogP contribution in [0.5, 0.6) is 5.75 Å². The van der Waals surface area contributed by atoms with Crippen LogP contribution in [0.2, 0.25) is 0 Å². The average molecular weight is 250 g/mol. The molecule has 0 bridgehead atoms. The van der Waals surface area contributed by atoms with E-state index < -0.39 is 0 Å². The number of ether oxygens (including phenoxy) is 1. The van der Waals surface area contributed by atoms with Crippen LogP contribution in [0.3, 0.4) is 0 Å². The zero-order valence-corrected chi connectivity index (χ0v) is 10.9. The maximum atomic E-state index is 10.9. The highest BCUT2D eigenvalue weighted by molar-refractivity contribution is 5.75. The van der Waals surface area contributed by atoms with Gasteiger partial charge in [0.2, 0.25) is 5.91 Å². The first kappa shape index (κ1) is 14.5. The van der Waals surface area contributed by atoms with Gasteiger partial charge in [0.25, 0.3) is 0 Å². The zero-order chi connectivity index (χ0) is 13.1. The molecule has 1 rings (SSSR count). The van der Waals surface area contributed by atoms with Crippen molar-refractivity contribution in [1.29, 1.82) is 0 Å². The smallest absolute Gasteiger partial charge is 0.219 e. The van der Waals surface area contributed by atoms with Gasteiger partial charge in [0.15, 0.2) is 0 Å². The Morgan fingerprint density at radius 3 is 2.61 bits per heavy atom. The molecule has 0 saturated heterocycles. The summed E-state index contributed by atoms with van der Waals surface area (Å²) in [6.45, 7) is 2.51. The third-order valence-corrected chi connectivity index (χ3v) is 2.55. The van der Waals surface area contributed by atoms with Gasteiger partial charge in [-0.2, -0.15) is 0 Å². The normalized spacial score (nSPS) is 10.1. The molecule has 0 saturated carbocycles. The maximum absolute atomic E-state index is 10.9. The molecule has 0 radical (unpaired) electrons. The molecular weight excluding hydrogens is 228 g/mol. The number of benzene rings is 1. The number of rotatable bonds is 9. The van der Waals surface area contributed by atoms with E-state index in [2.05, 4.69) is 10.6 Å². The molecule has 0 spiro atoms. The Morgan fingerprint density at radius 1 is 1.17 bits per heavy atom. The van der Waals surface area contributed by atoms with Crippen LogP contribution in [-0.4, -0.2) is 32.7 Å². The second-order valence-electron chi connectivity index (χ2n) is 4.04. The van der Waals surface area contributed by atoms with Crippen LogP contribution in [0, 0.1) is 0 Å². The first-order valence-corrected chi connectivity index (χ1v) is 6.42. The second-order valence-corrected chi connectivity index (χ2v) is 4.04. The van der Waals surface area contributed by atoms with Gasteiger partial charge in [0.1, 0.15) is 5.75 Å². The number of nitrogens with one attached hydrogen (secondary N) is 2. The van der Waals surface area contributed by atoms with Crippen molar-refractivity contribution in [1.82, 2.24) is 10.6 Å². The SMILES string of the molecule is CNC(=O)CCCNCCCOc1ccccc1. The van der Waals surface area contributed by atoms with E-state index in [9.17, 15) is 4.79 Å². The Labute approximate surface area is 109 Å². The van der Waals surface area contributed by atoms with Crippen LogP contribution in [0.15, 0.2) is 30.3 Å². The molecule has 4 heteroatoms. The lowest BCUT2D eigenvalue weighted by molar-refractivity contribution is -0.120. The van der Waals surface area contributed by atoms with Crippen molar-refractivity contribution in [3.8, 4) is 5.75 Å². The molecule has 0 aliphatic heterocycles. The van der Waals surface area contributed by atoms with Crippen LogP contribution in [-0.2, 0) is 4.79 Å². The van der Waals surface area contributed by atoms with E-state index in [-0.39, 0.29) is 5.91 Å². The van der Waals surface area contributed by atoms with Gasteiger partial charge < -0.3 is 15.4 Å². The molecular formula is C14H22N2O2. The Bertz CT molecular complexity index is 328.